The molecule has 0 radical (unpaired) electrons. The lowest BCUT2D eigenvalue weighted by Gasteiger charge is -2.39. The van der Waals surface area contributed by atoms with E-state index < -0.39 is 8.32 Å². The van der Waals surface area contributed by atoms with Crippen molar-refractivity contribution in [3.8, 4) is 0 Å². The molecule has 2 bridgehead atoms. The first-order valence-corrected chi connectivity index (χ1v) is 12.0. The molecule has 1 aliphatic heterocycles. The fourth-order valence-corrected chi connectivity index (χ4v) is 6.03. The van der Waals surface area contributed by atoms with Crippen LogP contribution in [0.25, 0.3) is 0 Å². The minimum absolute atomic E-state index is 0.259. The molecule has 2 saturated carbocycles. The van der Waals surface area contributed by atoms with Crippen molar-refractivity contribution in [3.63, 3.8) is 0 Å². The summed E-state index contributed by atoms with van der Waals surface area (Å²) < 4.78 is 6.55. The summed E-state index contributed by atoms with van der Waals surface area (Å²) in [5.74, 6) is 3.47. The van der Waals surface area contributed by atoms with E-state index in [4.69, 9.17) is 4.43 Å². The van der Waals surface area contributed by atoms with Gasteiger partial charge in [0.2, 0.25) is 0 Å². The average Bonchev–Trinajstić information content (AvgIpc) is 3.06. The van der Waals surface area contributed by atoms with Crippen LogP contribution in [0.15, 0.2) is 0 Å². The van der Waals surface area contributed by atoms with E-state index in [2.05, 4.69) is 38.7 Å². The molecule has 2 aliphatic carbocycles. The third-order valence-corrected chi connectivity index (χ3v) is 11.7. The third kappa shape index (κ3) is 2.73. The van der Waals surface area contributed by atoms with Crippen LogP contribution in [-0.4, -0.2) is 45.9 Å². The van der Waals surface area contributed by atoms with Gasteiger partial charge in [-0.2, -0.15) is 0 Å². The summed E-state index contributed by atoms with van der Waals surface area (Å²) in [6.45, 7) is 13.6. The fourth-order valence-electron chi connectivity index (χ4n) is 5.01. The number of rotatable bonds is 5. The highest BCUT2D eigenvalue weighted by atomic mass is 28.4. The van der Waals surface area contributed by atoms with E-state index in [0.29, 0.717) is 13.5 Å². The molecule has 3 fully saturated rings. The summed E-state index contributed by atoms with van der Waals surface area (Å²) in [5, 5.41) is 0.259. The van der Waals surface area contributed by atoms with Crippen molar-refractivity contribution in [1.82, 2.24) is 4.81 Å². The van der Waals surface area contributed by atoms with Gasteiger partial charge in [0.05, 0.1) is 6.19 Å². The number of hydrogen-bond donors (Lipinski definition) is 0. The van der Waals surface area contributed by atoms with Gasteiger partial charge in [-0.1, -0.05) is 20.8 Å². The summed E-state index contributed by atoms with van der Waals surface area (Å²) in [6, 6.07) is 0.486. The molecule has 0 spiro atoms. The SMILES string of the molecule is CC(C)(C)[Si](C)(C)OC[C@@H]1C2C3CCC(C3)C2CN1BC=O. The Kier molecular flexibility index (Phi) is 4.37. The van der Waals surface area contributed by atoms with Crippen LogP contribution >= 0.6 is 0 Å². The second kappa shape index (κ2) is 5.75. The predicted molar refractivity (Wildman–Crippen MR) is 95.4 cm³/mol. The summed E-state index contributed by atoms with van der Waals surface area (Å²) in [7, 11) is -1.11. The highest BCUT2D eigenvalue weighted by Gasteiger charge is 2.56. The Hall–Kier alpha value is -0.128. The largest absolute Gasteiger partial charge is 0.415 e. The second-order valence-corrected chi connectivity index (χ2v) is 14.1. The highest BCUT2D eigenvalue weighted by molar-refractivity contribution is 6.74. The van der Waals surface area contributed by atoms with Crippen LogP contribution in [-0.2, 0) is 9.22 Å². The van der Waals surface area contributed by atoms with E-state index >= 15 is 0 Å². The molecule has 0 aromatic rings. The summed E-state index contributed by atoms with van der Waals surface area (Å²) in [4.78, 5) is 13.5. The Morgan fingerprint density at radius 2 is 1.95 bits per heavy atom. The van der Waals surface area contributed by atoms with Gasteiger partial charge >= 0.3 is 0 Å². The maximum atomic E-state index is 11.1. The molecule has 124 valence electrons. The molecule has 4 unspecified atom stereocenters. The van der Waals surface area contributed by atoms with Gasteiger partial charge in [-0.15, -0.1) is 0 Å². The van der Waals surface area contributed by atoms with Gasteiger partial charge in [-0.3, -0.25) is 0 Å². The Labute approximate surface area is 137 Å². The molecule has 1 saturated heterocycles. The van der Waals surface area contributed by atoms with Crippen molar-refractivity contribution >= 4 is 21.9 Å². The molecule has 0 aromatic carbocycles. The molecular weight excluding hydrogens is 289 g/mol. The molecule has 5 atom stereocenters. The van der Waals surface area contributed by atoms with E-state index in [0.717, 1.165) is 43.0 Å². The van der Waals surface area contributed by atoms with Crippen LogP contribution in [0.3, 0.4) is 0 Å². The lowest BCUT2D eigenvalue weighted by atomic mass is 9.78. The predicted octanol–water partition coefficient (Wildman–Crippen LogP) is 2.90. The Bertz CT molecular complexity index is 437. The smallest absolute Gasteiger partial charge is 0.281 e. The molecular formula is C17H32BNO2Si. The van der Waals surface area contributed by atoms with Crippen LogP contribution in [0.5, 0.6) is 0 Å². The quantitative estimate of drug-likeness (QED) is 0.576. The first-order valence-electron chi connectivity index (χ1n) is 9.06. The number of fused-ring (bicyclic) bond motifs is 5. The first kappa shape index (κ1) is 16.7. The molecule has 0 aromatic heterocycles. The van der Waals surface area contributed by atoms with Crippen molar-refractivity contribution in [3.05, 3.63) is 0 Å². The molecule has 3 aliphatic rings. The lowest BCUT2D eigenvalue weighted by Crippen LogP contribution is -2.47. The lowest BCUT2D eigenvalue weighted by molar-refractivity contribution is 0.158. The van der Waals surface area contributed by atoms with Crippen molar-refractivity contribution in [1.29, 1.82) is 0 Å². The summed E-state index contributed by atoms with van der Waals surface area (Å²) in [5.41, 5.74) is 0. The normalized spacial score (nSPS) is 38.3. The number of carbonyl (C=O) groups is 1. The van der Waals surface area contributed by atoms with Gasteiger partial charge in [-0.25, -0.2) is 0 Å². The molecule has 22 heavy (non-hydrogen) atoms. The van der Waals surface area contributed by atoms with Crippen LogP contribution < -0.4 is 0 Å². The van der Waals surface area contributed by atoms with Crippen molar-refractivity contribution < 1.29 is 9.22 Å². The average molecular weight is 321 g/mol. The minimum Gasteiger partial charge on any atom is -0.415 e. The maximum Gasteiger partial charge on any atom is 0.281 e. The topological polar surface area (TPSA) is 29.5 Å². The summed E-state index contributed by atoms with van der Waals surface area (Å²) in [6.07, 6.45) is 5.37. The van der Waals surface area contributed by atoms with Gasteiger partial charge < -0.3 is 14.0 Å². The monoisotopic (exact) mass is 321 g/mol. The third-order valence-electron chi connectivity index (χ3n) is 7.25. The van der Waals surface area contributed by atoms with E-state index in [9.17, 15) is 4.79 Å². The standard InChI is InChI=1S/C17H32BNO2Si/c1-17(2,3)22(4,5)21-10-15-16-13-7-6-12(8-13)14(16)9-19(15)18-11-20/h11-16,18H,6-10H2,1-5H3/t12?,13?,14?,15-,16?/m1/s1. The Balaban J connectivity index is 1.71. The fraction of sp³-hybridized carbons (Fsp3) is 0.941. The van der Waals surface area contributed by atoms with Gasteiger partial charge in [0.1, 0.15) is 0 Å². The molecule has 1 heterocycles. The van der Waals surface area contributed by atoms with Gasteiger partial charge in [0.25, 0.3) is 7.41 Å². The highest BCUT2D eigenvalue weighted by Crippen LogP contribution is 2.57. The number of hydrogen-bond acceptors (Lipinski definition) is 3. The van der Waals surface area contributed by atoms with Gasteiger partial charge in [0, 0.05) is 12.6 Å². The van der Waals surface area contributed by atoms with Gasteiger partial charge in [-0.05, 0) is 67.6 Å². The van der Waals surface area contributed by atoms with Crippen LogP contribution in [0, 0.1) is 23.7 Å². The number of nitrogens with zero attached hydrogens (tertiary/aromatic N) is 1. The van der Waals surface area contributed by atoms with Gasteiger partial charge in [0.15, 0.2) is 8.32 Å². The van der Waals surface area contributed by atoms with Crippen molar-refractivity contribution in [2.24, 2.45) is 23.7 Å². The Morgan fingerprint density at radius 1 is 1.27 bits per heavy atom. The zero-order valence-corrected chi connectivity index (χ0v) is 16.0. The van der Waals surface area contributed by atoms with Crippen LogP contribution in [0.4, 0.5) is 0 Å². The molecule has 0 amide bonds. The first-order chi connectivity index (χ1) is 10.2. The molecule has 3 nitrogen and oxygen atoms in total. The van der Waals surface area contributed by atoms with E-state index in [-0.39, 0.29) is 5.04 Å². The van der Waals surface area contributed by atoms with Crippen LogP contribution in [0.1, 0.15) is 40.0 Å². The maximum absolute atomic E-state index is 11.1. The molecule has 0 N–H and O–H groups in total. The zero-order valence-electron chi connectivity index (χ0n) is 15.0. The molecule has 5 heteroatoms. The minimum atomic E-state index is -1.70. The molecule has 3 rings (SSSR count). The van der Waals surface area contributed by atoms with E-state index in [1.807, 2.05) is 0 Å². The van der Waals surface area contributed by atoms with Crippen molar-refractivity contribution in [2.45, 2.75) is 64.2 Å². The van der Waals surface area contributed by atoms with E-state index in [1.54, 1.807) is 0 Å². The number of carbonyl (C=O) groups excluding carboxylic acids is 1. The van der Waals surface area contributed by atoms with Crippen molar-refractivity contribution in [2.75, 3.05) is 13.2 Å². The second-order valence-electron chi connectivity index (χ2n) is 9.33. The zero-order chi connectivity index (χ0) is 16.1. The van der Waals surface area contributed by atoms with Crippen LogP contribution in [0.2, 0.25) is 18.1 Å². The Morgan fingerprint density at radius 3 is 2.59 bits per heavy atom. The summed E-state index contributed by atoms with van der Waals surface area (Å²) >= 11 is 0. The van der Waals surface area contributed by atoms with E-state index in [1.165, 1.54) is 19.3 Å².